The van der Waals surface area contributed by atoms with Crippen LogP contribution in [-0.4, -0.2) is 37.0 Å². The van der Waals surface area contributed by atoms with Crippen molar-refractivity contribution in [2.45, 2.75) is 65.8 Å². The summed E-state index contributed by atoms with van der Waals surface area (Å²) in [5, 5.41) is 3.38. The zero-order chi connectivity index (χ0) is 15.6. The van der Waals surface area contributed by atoms with E-state index in [1.807, 2.05) is 7.05 Å². The second kappa shape index (κ2) is 6.68. The van der Waals surface area contributed by atoms with Gasteiger partial charge in [-0.05, 0) is 56.4 Å². The Labute approximate surface area is 130 Å². The Bertz CT molecular complexity index is 353. The molecule has 1 amide bonds. The Morgan fingerprint density at radius 2 is 1.71 bits per heavy atom. The molecule has 1 heterocycles. The Morgan fingerprint density at radius 3 is 2.19 bits per heavy atom. The maximum Gasteiger partial charge on any atom is 0.225 e. The van der Waals surface area contributed by atoms with Gasteiger partial charge in [-0.25, -0.2) is 0 Å². The van der Waals surface area contributed by atoms with Crippen LogP contribution in [0.15, 0.2) is 0 Å². The Balaban J connectivity index is 1.85. The average Bonchev–Trinajstić information content (AvgIpc) is 2.45. The van der Waals surface area contributed by atoms with Crippen molar-refractivity contribution in [2.75, 3.05) is 20.1 Å². The molecule has 1 aliphatic carbocycles. The van der Waals surface area contributed by atoms with Gasteiger partial charge in [-0.2, -0.15) is 0 Å². The lowest BCUT2D eigenvalue weighted by Gasteiger charge is -2.41. The largest absolute Gasteiger partial charge is 0.342 e. The molecule has 3 heteroatoms. The van der Waals surface area contributed by atoms with Crippen molar-refractivity contribution in [1.29, 1.82) is 0 Å². The molecule has 1 aliphatic heterocycles. The first-order valence-corrected chi connectivity index (χ1v) is 8.79. The first-order chi connectivity index (χ1) is 9.82. The Morgan fingerprint density at radius 1 is 1.10 bits per heavy atom. The highest BCUT2D eigenvalue weighted by molar-refractivity contribution is 5.79. The predicted molar refractivity (Wildman–Crippen MR) is 88.1 cm³/mol. The molecular weight excluding hydrogens is 260 g/mol. The van der Waals surface area contributed by atoms with Gasteiger partial charge in [0.25, 0.3) is 0 Å². The van der Waals surface area contributed by atoms with Gasteiger partial charge in [-0.15, -0.1) is 0 Å². The number of carbonyl (C=O) groups excluding carboxylic acids is 1. The number of nitrogens with zero attached hydrogens (tertiary/aromatic N) is 1. The first-order valence-electron chi connectivity index (χ1n) is 8.79. The maximum atomic E-state index is 12.8. The fourth-order valence-electron chi connectivity index (χ4n) is 4.24. The third-order valence-corrected chi connectivity index (χ3v) is 5.89. The second-order valence-electron chi connectivity index (χ2n) is 8.36. The second-order valence-corrected chi connectivity index (χ2v) is 8.36. The summed E-state index contributed by atoms with van der Waals surface area (Å²) in [5.41, 5.74) is 0.397. The fourth-order valence-corrected chi connectivity index (χ4v) is 4.24. The zero-order valence-electron chi connectivity index (χ0n) is 14.6. The Hall–Kier alpha value is -0.570. The fraction of sp³-hybridized carbons (Fsp3) is 0.944. The lowest BCUT2D eigenvalue weighted by Crippen LogP contribution is -2.51. The van der Waals surface area contributed by atoms with Gasteiger partial charge >= 0.3 is 0 Å². The number of amides is 1. The van der Waals surface area contributed by atoms with E-state index in [2.05, 4.69) is 37.9 Å². The third-order valence-electron chi connectivity index (χ3n) is 5.89. The van der Waals surface area contributed by atoms with Crippen LogP contribution in [0.2, 0.25) is 0 Å². The topological polar surface area (TPSA) is 32.3 Å². The summed E-state index contributed by atoms with van der Waals surface area (Å²) in [6.07, 6.45) is 5.74. The van der Waals surface area contributed by atoms with Crippen molar-refractivity contribution >= 4 is 5.91 Å². The van der Waals surface area contributed by atoms with Crippen molar-refractivity contribution in [3.63, 3.8) is 0 Å². The van der Waals surface area contributed by atoms with E-state index in [-0.39, 0.29) is 0 Å². The third kappa shape index (κ3) is 4.00. The SMILES string of the molecule is CNC1CCN(C(=O)C2CCC(C(C)(C)C)CC2)CC1C. The molecule has 122 valence electrons. The molecule has 0 radical (unpaired) electrons. The van der Waals surface area contributed by atoms with Gasteiger partial charge in [0, 0.05) is 25.0 Å². The average molecular weight is 294 g/mol. The monoisotopic (exact) mass is 294 g/mol. The summed E-state index contributed by atoms with van der Waals surface area (Å²) in [5.74, 6) is 2.08. The Kier molecular flexibility index (Phi) is 5.34. The predicted octanol–water partition coefficient (Wildman–Crippen LogP) is 3.30. The van der Waals surface area contributed by atoms with Crippen molar-refractivity contribution in [1.82, 2.24) is 10.2 Å². The minimum Gasteiger partial charge on any atom is -0.342 e. The lowest BCUT2D eigenvalue weighted by atomic mass is 9.69. The summed E-state index contributed by atoms with van der Waals surface area (Å²) in [7, 11) is 2.03. The van der Waals surface area contributed by atoms with E-state index in [1.165, 1.54) is 12.8 Å². The van der Waals surface area contributed by atoms with Crippen LogP contribution in [0.5, 0.6) is 0 Å². The molecule has 1 N–H and O–H groups in total. The van der Waals surface area contributed by atoms with Crippen LogP contribution in [0.3, 0.4) is 0 Å². The van der Waals surface area contributed by atoms with E-state index in [4.69, 9.17) is 0 Å². The minimum atomic E-state index is 0.293. The number of nitrogens with one attached hydrogen (secondary N) is 1. The molecule has 2 fully saturated rings. The van der Waals surface area contributed by atoms with Crippen LogP contribution in [-0.2, 0) is 4.79 Å². The molecule has 2 unspecified atom stereocenters. The molecule has 0 aromatic heterocycles. The molecule has 0 aromatic carbocycles. The van der Waals surface area contributed by atoms with Crippen LogP contribution < -0.4 is 5.32 Å². The normalized spacial score (nSPS) is 34.8. The zero-order valence-corrected chi connectivity index (χ0v) is 14.6. The van der Waals surface area contributed by atoms with Crippen molar-refractivity contribution in [3.8, 4) is 0 Å². The number of likely N-dealkylation sites (tertiary alicyclic amines) is 1. The van der Waals surface area contributed by atoms with E-state index in [1.54, 1.807) is 0 Å². The molecule has 0 aromatic rings. The number of hydrogen-bond acceptors (Lipinski definition) is 2. The lowest BCUT2D eigenvalue weighted by molar-refractivity contribution is -0.139. The van der Waals surface area contributed by atoms with Gasteiger partial charge in [0.15, 0.2) is 0 Å². The molecule has 1 saturated carbocycles. The molecule has 2 aliphatic rings. The van der Waals surface area contributed by atoms with Crippen LogP contribution in [0.25, 0.3) is 0 Å². The summed E-state index contributed by atoms with van der Waals surface area (Å²) >= 11 is 0. The number of piperidine rings is 1. The summed E-state index contributed by atoms with van der Waals surface area (Å²) < 4.78 is 0. The van der Waals surface area contributed by atoms with Crippen molar-refractivity contribution in [3.05, 3.63) is 0 Å². The van der Waals surface area contributed by atoms with E-state index < -0.39 is 0 Å². The highest BCUT2D eigenvalue weighted by atomic mass is 16.2. The van der Waals surface area contributed by atoms with E-state index in [0.717, 1.165) is 38.3 Å². The molecule has 21 heavy (non-hydrogen) atoms. The van der Waals surface area contributed by atoms with E-state index >= 15 is 0 Å². The minimum absolute atomic E-state index is 0.293. The molecule has 1 saturated heterocycles. The van der Waals surface area contributed by atoms with Gasteiger partial charge in [0.1, 0.15) is 0 Å². The van der Waals surface area contributed by atoms with Gasteiger partial charge in [-0.1, -0.05) is 27.7 Å². The molecule has 0 bridgehead atoms. The van der Waals surface area contributed by atoms with E-state index in [0.29, 0.717) is 29.2 Å². The van der Waals surface area contributed by atoms with Gasteiger partial charge in [0.2, 0.25) is 5.91 Å². The number of carbonyl (C=O) groups is 1. The van der Waals surface area contributed by atoms with E-state index in [9.17, 15) is 4.79 Å². The molecular formula is C18H34N2O. The van der Waals surface area contributed by atoms with Crippen LogP contribution in [0, 0.1) is 23.2 Å². The highest BCUT2D eigenvalue weighted by Crippen LogP contribution is 2.40. The van der Waals surface area contributed by atoms with Crippen LogP contribution in [0.4, 0.5) is 0 Å². The number of hydrogen-bond donors (Lipinski definition) is 1. The summed E-state index contributed by atoms with van der Waals surface area (Å²) in [6.45, 7) is 11.1. The quantitative estimate of drug-likeness (QED) is 0.847. The smallest absolute Gasteiger partial charge is 0.225 e. The van der Waals surface area contributed by atoms with Gasteiger partial charge < -0.3 is 10.2 Å². The molecule has 0 spiro atoms. The number of rotatable bonds is 2. The van der Waals surface area contributed by atoms with Gasteiger partial charge in [-0.3, -0.25) is 4.79 Å². The van der Waals surface area contributed by atoms with Gasteiger partial charge in [0.05, 0.1) is 0 Å². The first kappa shape index (κ1) is 16.8. The molecule has 2 atom stereocenters. The highest BCUT2D eigenvalue weighted by Gasteiger charge is 2.36. The van der Waals surface area contributed by atoms with Crippen molar-refractivity contribution < 1.29 is 4.79 Å². The standard InChI is InChI=1S/C18H34N2O/c1-13-12-20(11-10-16(13)19-5)17(21)14-6-8-15(9-7-14)18(2,3)4/h13-16,19H,6-12H2,1-5H3. The maximum absolute atomic E-state index is 12.8. The van der Waals surface area contributed by atoms with Crippen molar-refractivity contribution in [2.24, 2.45) is 23.2 Å². The van der Waals surface area contributed by atoms with Crippen LogP contribution >= 0.6 is 0 Å². The molecule has 3 nitrogen and oxygen atoms in total. The summed E-state index contributed by atoms with van der Waals surface area (Å²) in [4.78, 5) is 14.9. The van der Waals surface area contributed by atoms with Crippen LogP contribution in [0.1, 0.15) is 59.8 Å². The molecule has 2 rings (SSSR count). The summed E-state index contributed by atoms with van der Waals surface area (Å²) in [6, 6.07) is 0.575.